The Kier molecular flexibility index (Phi) is 11.1. The van der Waals surface area contributed by atoms with Gasteiger partial charge in [0.05, 0.1) is 10.6 Å². The molecular weight excluding hydrogens is 617 g/mol. The number of benzene rings is 4. The van der Waals surface area contributed by atoms with Gasteiger partial charge in [-0.2, -0.15) is 0 Å². The third-order valence-electron chi connectivity index (χ3n) is 7.06. The summed E-state index contributed by atoms with van der Waals surface area (Å²) in [5.41, 5.74) is 2.31. The molecule has 0 fully saturated rings. The monoisotopic (exact) mass is 651 g/mol. The first kappa shape index (κ1) is 33.1. The Bertz CT molecular complexity index is 1700. The van der Waals surface area contributed by atoms with Crippen LogP contribution in [0.5, 0.6) is 0 Å². The van der Waals surface area contributed by atoms with Gasteiger partial charge < -0.3 is 10.2 Å². The highest BCUT2D eigenvalue weighted by Crippen LogP contribution is 2.31. The molecule has 1 atom stereocenters. The molecule has 230 valence electrons. The van der Waals surface area contributed by atoms with Gasteiger partial charge in [-0.05, 0) is 73.9 Å². The fourth-order valence-corrected chi connectivity index (χ4v) is 6.74. The molecular formula is C34H35Cl2N3O4S. The maximum atomic E-state index is 14.5. The first-order valence-electron chi connectivity index (χ1n) is 14.2. The van der Waals surface area contributed by atoms with Crippen LogP contribution in [0.1, 0.15) is 30.5 Å². The standard InChI is InChI=1S/C34H35Cl2N3O4S/c1-24(2)37-34(41)32(21-26-12-6-4-7-13-26)38(22-27-14-10-15-28(35)20-27)33(40)23-39(31-19-11-18-30(36)25(31)3)44(42,43)29-16-8-5-9-17-29/h4-20,24,32H,21-23H2,1-3H3,(H,37,41)/t32-/m1/s1. The van der Waals surface area contributed by atoms with Crippen molar-refractivity contribution in [3.8, 4) is 0 Å². The van der Waals surface area contributed by atoms with E-state index in [4.69, 9.17) is 23.2 Å². The molecule has 0 saturated heterocycles. The number of amides is 2. The van der Waals surface area contributed by atoms with Gasteiger partial charge in [0.15, 0.2) is 0 Å². The fraction of sp³-hybridized carbons (Fsp3) is 0.235. The molecule has 44 heavy (non-hydrogen) atoms. The van der Waals surface area contributed by atoms with Crippen molar-refractivity contribution in [2.45, 2.75) is 50.7 Å². The fourth-order valence-electron chi connectivity index (χ4n) is 4.87. The zero-order chi connectivity index (χ0) is 31.9. The minimum atomic E-state index is -4.22. The molecule has 4 aromatic carbocycles. The van der Waals surface area contributed by atoms with Crippen molar-refractivity contribution in [3.63, 3.8) is 0 Å². The SMILES string of the molecule is Cc1c(Cl)cccc1N(CC(=O)N(Cc1cccc(Cl)c1)[C@H](Cc1ccccc1)C(=O)NC(C)C)S(=O)(=O)c1ccccc1. The number of nitrogens with zero attached hydrogens (tertiary/aromatic N) is 2. The number of rotatable bonds is 12. The van der Waals surface area contributed by atoms with E-state index in [0.29, 0.717) is 21.2 Å². The lowest BCUT2D eigenvalue weighted by atomic mass is 10.0. The molecule has 0 radical (unpaired) electrons. The summed E-state index contributed by atoms with van der Waals surface area (Å²) < 4.78 is 29.3. The van der Waals surface area contributed by atoms with Crippen LogP contribution in [0.25, 0.3) is 0 Å². The van der Waals surface area contributed by atoms with Gasteiger partial charge in [-0.1, -0.05) is 89.9 Å². The predicted octanol–water partition coefficient (Wildman–Crippen LogP) is 6.66. The van der Waals surface area contributed by atoms with E-state index in [2.05, 4.69) is 5.32 Å². The Balaban J connectivity index is 1.83. The summed E-state index contributed by atoms with van der Waals surface area (Å²) in [6.45, 7) is 4.84. The molecule has 4 rings (SSSR count). The lowest BCUT2D eigenvalue weighted by Crippen LogP contribution is -2.54. The van der Waals surface area contributed by atoms with Crippen LogP contribution in [-0.4, -0.2) is 43.8 Å². The number of nitrogens with one attached hydrogen (secondary N) is 1. The van der Waals surface area contributed by atoms with Gasteiger partial charge in [0.1, 0.15) is 12.6 Å². The van der Waals surface area contributed by atoms with Gasteiger partial charge in [-0.15, -0.1) is 0 Å². The molecule has 1 N–H and O–H groups in total. The van der Waals surface area contributed by atoms with Crippen molar-refractivity contribution in [1.29, 1.82) is 0 Å². The van der Waals surface area contributed by atoms with Crippen LogP contribution >= 0.6 is 23.2 Å². The van der Waals surface area contributed by atoms with Crippen molar-refractivity contribution in [2.75, 3.05) is 10.8 Å². The highest BCUT2D eigenvalue weighted by atomic mass is 35.5. The van der Waals surface area contributed by atoms with Gasteiger partial charge >= 0.3 is 0 Å². The zero-order valence-electron chi connectivity index (χ0n) is 24.8. The van der Waals surface area contributed by atoms with Crippen LogP contribution < -0.4 is 9.62 Å². The van der Waals surface area contributed by atoms with E-state index in [1.54, 1.807) is 61.5 Å². The molecule has 0 bridgehead atoms. The molecule has 0 heterocycles. The van der Waals surface area contributed by atoms with E-state index in [1.807, 2.05) is 50.2 Å². The number of sulfonamides is 1. The van der Waals surface area contributed by atoms with E-state index in [0.717, 1.165) is 9.87 Å². The van der Waals surface area contributed by atoms with Gasteiger partial charge in [-0.3, -0.25) is 13.9 Å². The Morgan fingerprint density at radius 1 is 0.818 bits per heavy atom. The molecule has 0 unspecified atom stereocenters. The third kappa shape index (κ3) is 8.20. The maximum absolute atomic E-state index is 14.5. The number of halogens is 2. The highest BCUT2D eigenvalue weighted by molar-refractivity contribution is 7.92. The van der Waals surface area contributed by atoms with E-state index < -0.39 is 28.5 Å². The number of hydrogen-bond acceptors (Lipinski definition) is 4. The second-order valence-corrected chi connectivity index (χ2v) is 13.4. The molecule has 0 aliphatic heterocycles. The number of carbonyl (C=O) groups is 2. The second-order valence-electron chi connectivity index (χ2n) is 10.7. The minimum absolute atomic E-state index is 0.0203. The van der Waals surface area contributed by atoms with Gasteiger partial charge in [0.2, 0.25) is 11.8 Å². The van der Waals surface area contributed by atoms with Crippen molar-refractivity contribution in [3.05, 3.63) is 130 Å². The molecule has 7 nitrogen and oxygen atoms in total. The highest BCUT2D eigenvalue weighted by Gasteiger charge is 2.35. The van der Waals surface area contributed by atoms with E-state index in [-0.39, 0.29) is 35.5 Å². The van der Waals surface area contributed by atoms with Crippen LogP contribution in [0.4, 0.5) is 5.69 Å². The average molecular weight is 653 g/mol. The summed E-state index contributed by atoms with van der Waals surface area (Å²) in [4.78, 5) is 29.7. The van der Waals surface area contributed by atoms with Gasteiger partial charge in [0, 0.05) is 29.1 Å². The van der Waals surface area contributed by atoms with Crippen LogP contribution in [-0.2, 0) is 32.6 Å². The Labute approximate surface area is 269 Å². The summed E-state index contributed by atoms with van der Waals surface area (Å²) >= 11 is 12.7. The molecule has 10 heteroatoms. The summed E-state index contributed by atoms with van der Waals surface area (Å²) in [6, 6.07) is 28.1. The summed E-state index contributed by atoms with van der Waals surface area (Å²) in [6.07, 6.45) is 0.216. The van der Waals surface area contributed by atoms with Crippen molar-refractivity contribution in [2.24, 2.45) is 0 Å². The number of anilines is 1. The van der Waals surface area contributed by atoms with E-state index in [1.165, 1.54) is 17.0 Å². The number of hydrogen-bond donors (Lipinski definition) is 1. The summed E-state index contributed by atoms with van der Waals surface area (Å²) in [5, 5.41) is 3.78. The summed E-state index contributed by atoms with van der Waals surface area (Å²) in [7, 11) is -4.22. The largest absolute Gasteiger partial charge is 0.352 e. The van der Waals surface area contributed by atoms with Crippen LogP contribution in [0.15, 0.2) is 108 Å². The Morgan fingerprint density at radius 3 is 2.07 bits per heavy atom. The Morgan fingerprint density at radius 2 is 1.43 bits per heavy atom. The molecule has 4 aromatic rings. The number of carbonyl (C=O) groups excluding carboxylic acids is 2. The first-order valence-corrected chi connectivity index (χ1v) is 16.4. The van der Waals surface area contributed by atoms with E-state index in [9.17, 15) is 18.0 Å². The van der Waals surface area contributed by atoms with Gasteiger partial charge in [0.25, 0.3) is 10.0 Å². The molecule has 0 aromatic heterocycles. The topological polar surface area (TPSA) is 86.8 Å². The molecule has 0 aliphatic carbocycles. The summed E-state index contributed by atoms with van der Waals surface area (Å²) in [5.74, 6) is -0.917. The van der Waals surface area contributed by atoms with Crippen LogP contribution in [0.3, 0.4) is 0 Å². The minimum Gasteiger partial charge on any atom is -0.352 e. The quantitative estimate of drug-likeness (QED) is 0.186. The van der Waals surface area contributed by atoms with Crippen molar-refractivity contribution in [1.82, 2.24) is 10.2 Å². The smallest absolute Gasteiger partial charge is 0.264 e. The molecule has 2 amide bonds. The maximum Gasteiger partial charge on any atom is 0.264 e. The zero-order valence-corrected chi connectivity index (χ0v) is 27.1. The Hall–Kier alpha value is -3.85. The predicted molar refractivity (Wildman–Crippen MR) is 176 cm³/mol. The molecule has 0 aliphatic rings. The molecule has 0 saturated carbocycles. The average Bonchev–Trinajstić information content (AvgIpc) is 2.99. The first-order chi connectivity index (χ1) is 21.0. The van der Waals surface area contributed by atoms with Gasteiger partial charge in [-0.25, -0.2) is 8.42 Å². The lowest BCUT2D eigenvalue weighted by molar-refractivity contribution is -0.140. The second kappa shape index (κ2) is 14.8. The van der Waals surface area contributed by atoms with E-state index >= 15 is 0 Å². The third-order valence-corrected chi connectivity index (χ3v) is 9.48. The van der Waals surface area contributed by atoms with Crippen molar-refractivity contribution >= 4 is 50.7 Å². The van der Waals surface area contributed by atoms with Crippen LogP contribution in [0, 0.1) is 6.92 Å². The normalized spacial score (nSPS) is 12.0. The molecule has 0 spiro atoms. The lowest BCUT2D eigenvalue weighted by Gasteiger charge is -2.34. The van der Waals surface area contributed by atoms with Crippen molar-refractivity contribution < 1.29 is 18.0 Å². The van der Waals surface area contributed by atoms with Crippen LogP contribution in [0.2, 0.25) is 10.0 Å².